The monoisotopic (exact) mass is 399 g/mol. The van der Waals surface area contributed by atoms with E-state index in [0.717, 1.165) is 27.7 Å². The smallest absolute Gasteiger partial charge is 0.346 e. The van der Waals surface area contributed by atoms with Crippen LogP contribution in [0.4, 0.5) is 4.39 Å². The van der Waals surface area contributed by atoms with Crippen molar-refractivity contribution in [3.8, 4) is 5.75 Å². The number of aryl methyl sites for hydroxylation is 1. The second-order valence-electron chi connectivity index (χ2n) is 6.88. The Morgan fingerprint density at radius 3 is 2.55 bits per heavy atom. The van der Waals surface area contributed by atoms with E-state index in [-0.39, 0.29) is 11.3 Å². The van der Waals surface area contributed by atoms with Crippen molar-refractivity contribution in [3.63, 3.8) is 0 Å². The summed E-state index contributed by atoms with van der Waals surface area (Å²) < 4.78 is 26.2. The zero-order valence-electron chi connectivity index (χ0n) is 16.7. The van der Waals surface area contributed by atoms with Gasteiger partial charge in [0.05, 0.1) is 12.7 Å². The van der Waals surface area contributed by atoms with Gasteiger partial charge in [0.1, 0.15) is 0 Å². The number of nitrogens with zero attached hydrogens (tertiary/aromatic N) is 1. The number of carbonyl (C=O) groups excluding carboxylic acids is 1. The third kappa shape index (κ3) is 3.94. The lowest BCUT2D eigenvalue weighted by atomic mass is 10.1. The van der Waals surface area contributed by atoms with E-state index in [1.54, 1.807) is 30.3 Å². The van der Waals surface area contributed by atoms with Crippen LogP contribution in [0, 0.1) is 19.7 Å². The van der Waals surface area contributed by atoms with Gasteiger partial charge >= 0.3 is 11.9 Å². The summed E-state index contributed by atoms with van der Waals surface area (Å²) in [6.45, 7) is 5.82. The molecule has 3 aromatic rings. The highest BCUT2D eigenvalue weighted by atomic mass is 19.1. The Hall–Kier alpha value is -3.35. The molecule has 0 amide bonds. The Labute approximate surface area is 167 Å². The van der Waals surface area contributed by atoms with Crippen molar-refractivity contribution in [1.82, 2.24) is 4.57 Å². The highest BCUT2D eigenvalue weighted by Gasteiger charge is 2.18. The molecule has 0 spiro atoms. The third-order valence-corrected chi connectivity index (χ3v) is 5.06. The molecule has 1 unspecified atom stereocenters. The van der Waals surface area contributed by atoms with E-state index in [9.17, 15) is 19.1 Å². The van der Waals surface area contributed by atoms with Crippen LogP contribution in [0.2, 0.25) is 0 Å². The Bertz CT molecular complexity index is 1100. The van der Waals surface area contributed by atoms with Crippen molar-refractivity contribution >= 4 is 22.8 Å². The Morgan fingerprint density at radius 1 is 1.17 bits per heavy atom. The Morgan fingerprint density at radius 2 is 1.90 bits per heavy atom. The lowest BCUT2D eigenvalue weighted by Crippen LogP contribution is -2.25. The molecule has 1 heterocycles. The number of fused-ring (bicyclic) bond motifs is 1. The zero-order valence-corrected chi connectivity index (χ0v) is 16.7. The first kappa shape index (κ1) is 20.4. The van der Waals surface area contributed by atoms with Gasteiger partial charge in [0.15, 0.2) is 17.7 Å². The number of methoxy groups -OCH3 is 1. The standard InChI is InChI=1S/C22H22FNO5/c1-12-13(2)24(19-8-6-16(21(25)26)10-17(12)19)11-15-5-7-18(23)20(9-15)29-14(3)22(27)28-4/h5-10,14H,11H2,1-4H3,(H,25,26). The van der Waals surface area contributed by atoms with Crippen LogP contribution in [0.1, 0.15) is 34.1 Å². The van der Waals surface area contributed by atoms with Crippen molar-refractivity contribution in [1.29, 1.82) is 0 Å². The van der Waals surface area contributed by atoms with Crippen molar-refractivity contribution in [2.24, 2.45) is 0 Å². The van der Waals surface area contributed by atoms with Gasteiger partial charge in [-0.2, -0.15) is 0 Å². The molecular weight excluding hydrogens is 377 g/mol. The highest BCUT2D eigenvalue weighted by Crippen LogP contribution is 2.28. The van der Waals surface area contributed by atoms with Crippen LogP contribution < -0.4 is 4.74 Å². The zero-order chi connectivity index (χ0) is 21.3. The topological polar surface area (TPSA) is 77.8 Å². The summed E-state index contributed by atoms with van der Waals surface area (Å²) in [7, 11) is 1.24. The first-order valence-electron chi connectivity index (χ1n) is 9.08. The number of carboxylic acids is 1. The van der Waals surface area contributed by atoms with Gasteiger partial charge in [0, 0.05) is 23.1 Å². The third-order valence-electron chi connectivity index (χ3n) is 5.06. The summed E-state index contributed by atoms with van der Waals surface area (Å²) >= 11 is 0. The molecule has 1 N–H and O–H groups in total. The maximum absolute atomic E-state index is 14.2. The van der Waals surface area contributed by atoms with Crippen LogP contribution in [0.3, 0.4) is 0 Å². The van der Waals surface area contributed by atoms with Crippen LogP contribution in [-0.4, -0.2) is 34.8 Å². The summed E-state index contributed by atoms with van der Waals surface area (Å²) in [6, 6.07) is 9.51. The molecule has 0 saturated carbocycles. The van der Waals surface area contributed by atoms with E-state index in [1.807, 2.05) is 18.4 Å². The van der Waals surface area contributed by atoms with E-state index in [1.165, 1.54) is 20.1 Å². The van der Waals surface area contributed by atoms with Gasteiger partial charge in [0.2, 0.25) is 0 Å². The summed E-state index contributed by atoms with van der Waals surface area (Å²) in [4.78, 5) is 22.8. The maximum Gasteiger partial charge on any atom is 0.346 e. The maximum atomic E-state index is 14.2. The van der Waals surface area contributed by atoms with Gasteiger partial charge in [-0.1, -0.05) is 6.07 Å². The van der Waals surface area contributed by atoms with Crippen molar-refractivity contribution in [3.05, 3.63) is 64.6 Å². The van der Waals surface area contributed by atoms with E-state index < -0.39 is 23.9 Å². The minimum atomic E-state index is -0.975. The fraction of sp³-hybridized carbons (Fsp3) is 0.273. The number of aromatic nitrogens is 1. The second-order valence-corrected chi connectivity index (χ2v) is 6.88. The van der Waals surface area contributed by atoms with Crippen molar-refractivity contribution in [2.75, 3.05) is 7.11 Å². The summed E-state index contributed by atoms with van der Waals surface area (Å²) in [5, 5.41) is 10.1. The number of aromatic carboxylic acids is 1. The van der Waals surface area contributed by atoms with E-state index >= 15 is 0 Å². The number of halogens is 1. The quantitative estimate of drug-likeness (QED) is 0.632. The van der Waals surface area contributed by atoms with Gasteiger partial charge in [0.25, 0.3) is 0 Å². The molecule has 0 aliphatic carbocycles. The molecular formula is C22H22FNO5. The fourth-order valence-electron chi connectivity index (χ4n) is 3.31. The molecule has 3 rings (SSSR count). The lowest BCUT2D eigenvalue weighted by Gasteiger charge is -2.15. The number of carboxylic acid groups (broad SMARTS) is 1. The van der Waals surface area contributed by atoms with Crippen LogP contribution in [0.5, 0.6) is 5.75 Å². The number of carbonyl (C=O) groups is 2. The molecule has 6 nitrogen and oxygen atoms in total. The lowest BCUT2D eigenvalue weighted by molar-refractivity contribution is -0.148. The predicted molar refractivity (Wildman–Crippen MR) is 106 cm³/mol. The molecule has 0 saturated heterocycles. The molecule has 0 aliphatic rings. The van der Waals surface area contributed by atoms with Crippen LogP contribution >= 0.6 is 0 Å². The van der Waals surface area contributed by atoms with Crippen LogP contribution in [0.15, 0.2) is 36.4 Å². The number of esters is 1. The second kappa shape index (κ2) is 7.95. The predicted octanol–water partition coefficient (Wildman–Crippen LogP) is 4.08. The van der Waals surface area contributed by atoms with Gasteiger partial charge in [-0.15, -0.1) is 0 Å². The van der Waals surface area contributed by atoms with Crippen molar-refractivity contribution in [2.45, 2.75) is 33.4 Å². The van der Waals surface area contributed by atoms with Crippen molar-refractivity contribution < 1.29 is 28.6 Å². The number of rotatable bonds is 6. The first-order chi connectivity index (χ1) is 13.7. The minimum Gasteiger partial charge on any atom is -0.478 e. The largest absolute Gasteiger partial charge is 0.478 e. The number of ether oxygens (including phenoxy) is 2. The highest BCUT2D eigenvalue weighted by molar-refractivity contribution is 5.95. The van der Waals surface area contributed by atoms with E-state index in [2.05, 4.69) is 4.74 Å². The summed E-state index contributed by atoms with van der Waals surface area (Å²) in [5.41, 5.74) is 3.87. The fourth-order valence-corrected chi connectivity index (χ4v) is 3.31. The SMILES string of the molecule is COC(=O)C(C)Oc1cc(Cn2c(C)c(C)c3cc(C(=O)O)ccc32)ccc1F. The Kier molecular flexibility index (Phi) is 5.59. The average Bonchev–Trinajstić information content (AvgIpc) is 2.94. The Balaban J connectivity index is 1.97. The molecule has 29 heavy (non-hydrogen) atoms. The molecule has 2 aromatic carbocycles. The summed E-state index contributed by atoms with van der Waals surface area (Å²) in [5.74, 6) is -2.16. The number of benzene rings is 2. The van der Waals surface area contributed by atoms with Crippen LogP contribution in [0.25, 0.3) is 10.9 Å². The van der Waals surface area contributed by atoms with Gasteiger partial charge in [-0.05, 0) is 62.2 Å². The molecule has 1 aromatic heterocycles. The minimum absolute atomic E-state index is 0.0283. The molecule has 7 heteroatoms. The number of hydrogen-bond donors (Lipinski definition) is 1. The molecule has 0 fully saturated rings. The summed E-state index contributed by atoms with van der Waals surface area (Å²) in [6.07, 6.45) is -0.935. The number of hydrogen-bond acceptors (Lipinski definition) is 4. The average molecular weight is 399 g/mol. The molecule has 0 aliphatic heterocycles. The molecule has 1 atom stereocenters. The van der Waals surface area contributed by atoms with Crippen LogP contribution in [-0.2, 0) is 16.1 Å². The molecule has 152 valence electrons. The van der Waals surface area contributed by atoms with E-state index in [0.29, 0.717) is 6.54 Å². The van der Waals surface area contributed by atoms with Gasteiger partial charge in [-0.25, -0.2) is 14.0 Å². The van der Waals surface area contributed by atoms with E-state index in [4.69, 9.17) is 4.74 Å². The normalized spacial score (nSPS) is 12.0. The molecule has 0 bridgehead atoms. The molecule has 0 radical (unpaired) electrons. The van der Waals surface area contributed by atoms with Gasteiger partial charge < -0.3 is 19.1 Å². The first-order valence-corrected chi connectivity index (χ1v) is 9.08. The van der Waals surface area contributed by atoms with Gasteiger partial charge in [-0.3, -0.25) is 0 Å².